The van der Waals surface area contributed by atoms with Gasteiger partial charge < -0.3 is 10.1 Å². The van der Waals surface area contributed by atoms with Crippen LogP contribution in [0.4, 0.5) is 0 Å². The molecular formula is C12H17NO2S. The predicted molar refractivity (Wildman–Crippen MR) is 65.0 cm³/mol. The lowest BCUT2D eigenvalue weighted by atomic mass is 10.1. The molecule has 2 rings (SSSR count). The van der Waals surface area contributed by atoms with Crippen LogP contribution in [0.1, 0.15) is 35.0 Å². The predicted octanol–water partition coefficient (Wildman–Crippen LogP) is 2.22. The summed E-state index contributed by atoms with van der Waals surface area (Å²) < 4.78 is 5.26. The fraction of sp³-hybridized carbons (Fsp3) is 0.583. The van der Waals surface area contributed by atoms with E-state index in [1.807, 2.05) is 11.4 Å². The highest BCUT2D eigenvalue weighted by Crippen LogP contribution is 2.16. The zero-order chi connectivity index (χ0) is 11.4. The molecule has 1 aromatic rings. The van der Waals surface area contributed by atoms with E-state index in [9.17, 15) is 4.79 Å². The van der Waals surface area contributed by atoms with Gasteiger partial charge in [-0.2, -0.15) is 0 Å². The second-order valence-electron chi connectivity index (χ2n) is 4.02. The van der Waals surface area contributed by atoms with Crippen LogP contribution in [0.15, 0.2) is 11.4 Å². The van der Waals surface area contributed by atoms with Crippen LogP contribution in [-0.2, 0) is 11.2 Å². The Morgan fingerprint density at radius 2 is 2.31 bits per heavy atom. The van der Waals surface area contributed by atoms with E-state index in [0.29, 0.717) is 0 Å². The lowest BCUT2D eigenvalue weighted by Crippen LogP contribution is -2.38. The summed E-state index contributed by atoms with van der Waals surface area (Å²) in [7, 11) is 0. The van der Waals surface area contributed by atoms with E-state index >= 15 is 0 Å². The molecule has 0 radical (unpaired) electrons. The molecule has 0 bridgehead atoms. The molecule has 1 fully saturated rings. The normalized spacial score (nSPS) is 17.3. The monoisotopic (exact) mass is 239 g/mol. The number of carbonyl (C=O) groups is 1. The largest absolute Gasteiger partial charge is 0.381 e. The third kappa shape index (κ3) is 2.83. The van der Waals surface area contributed by atoms with E-state index in [4.69, 9.17) is 4.74 Å². The first-order valence-corrected chi connectivity index (χ1v) is 6.63. The van der Waals surface area contributed by atoms with Crippen molar-refractivity contribution < 1.29 is 9.53 Å². The molecule has 3 nitrogen and oxygen atoms in total. The molecule has 0 atom stereocenters. The first-order valence-electron chi connectivity index (χ1n) is 5.75. The highest BCUT2D eigenvalue weighted by molar-refractivity contribution is 7.10. The zero-order valence-electron chi connectivity index (χ0n) is 9.49. The van der Waals surface area contributed by atoms with Crippen LogP contribution in [0.3, 0.4) is 0 Å². The lowest BCUT2D eigenvalue weighted by Gasteiger charge is -2.22. The van der Waals surface area contributed by atoms with Crippen LogP contribution in [0.5, 0.6) is 0 Å². The van der Waals surface area contributed by atoms with Crippen LogP contribution in [0, 0.1) is 0 Å². The second kappa shape index (κ2) is 5.46. The Balaban J connectivity index is 1.91. The molecule has 1 amide bonds. The van der Waals surface area contributed by atoms with Crippen LogP contribution >= 0.6 is 11.3 Å². The number of thiophene rings is 1. The molecule has 1 N–H and O–H groups in total. The Morgan fingerprint density at radius 3 is 2.94 bits per heavy atom. The smallest absolute Gasteiger partial charge is 0.252 e. The van der Waals surface area contributed by atoms with Gasteiger partial charge in [0, 0.05) is 29.5 Å². The van der Waals surface area contributed by atoms with Gasteiger partial charge in [-0.15, -0.1) is 11.3 Å². The quantitative estimate of drug-likeness (QED) is 0.878. The molecule has 88 valence electrons. The van der Waals surface area contributed by atoms with E-state index in [2.05, 4.69) is 12.2 Å². The molecular weight excluding hydrogens is 222 g/mol. The maximum atomic E-state index is 11.9. The fourth-order valence-electron chi connectivity index (χ4n) is 1.80. The fourth-order valence-corrected chi connectivity index (χ4v) is 2.61. The van der Waals surface area contributed by atoms with Gasteiger partial charge in [-0.05, 0) is 25.3 Å². The summed E-state index contributed by atoms with van der Waals surface area (Å²) in [6.45, 7) is 3.62. The van der Waals surface area contributed by atoms with Gasteiger partial charge in [0.1, 0.15) is 0 Å². The van der Waals surface area contributed by atoms with E-state index in [-0.39, 0.29) is 11.9 Å². The topological polar surface area (TPSA) is 38.3 Å². The van der Waals surface area contributed by atoms with Crippen molar-refractivity contribution in [2.24, 2.45) is 0 Å². The van der Waals surface area contributed by atoms with Crippen molar-refractivity contribution in [1.29, 1.82) is 0 Å². The summed E-state index contributed by atoms with van der Waals surface area (Å²) in [6, 6.07) is 2.27. The van der Waals surface area contributed by atoms with Gasteiger partial charge in [-0.1, -0.05) is 6.92 Å². The molecule has 0 saturated carbocycles. The Morgan fingerprint density at radius 1 is 1.56 bits per heavy atom. The van der Waals surface area contributed by atoms with Gasteiger partial charge in [0.05, 0.1) is 5.56 Å². The molecule has 1 aliphatic rings. The molecule has 0 unspecified atom stereocenters. The minimum Gasteiger partial charge on any atom is -0.381 e. The molecule has 4 heteroatoms. The summed E-state index contributed by atoms with van der Waals surface area (Å²) >= 11 is 1.65. The van der Waals surface area contributed by atoms with Crippen LogP contribution < -0.4 is 5.32 Å². The maximum Gasteiger partial charge on any atom is 0.252 e. The highest BCUT2D eigenvalue weighted by Gasteiger charge is 2.17. The van der Waals surface area contributed by atoms with Crippen molar-refractivity contribution in [3.05, 3.63) is 21.9 Å². The van der Waals surface area contributed by atoms with E-state index in [1.54, 1.807) is 11.3 Å². The first-order chi connectivity index (χ1) is 7.79. The van der Waals surface area contributed by atoms with Crippen molar-refractivity contribution in [3.63, 3.8) is 0 Å². The number of amides is 1. The Labute approximate surface area is 99.8 Å². The van der Waals surface area contributed by atoms with Crippen LogP contribution in [-0.4, -0.2) is 25.2 Å². The Kier molecular flexibility index (Phi) is 3.96. The average Bonchev–Trinajstić information content (AvgIpc) is 2.79. The number of ether oxygens (including phenoxy) is 1. The number of hydrogen-bond donors (Lipinski definition) is 1. The van der Waals surface area contributed by atoms with Crippen molar-refractivity contribution in [3.8, 4) is 0 Å². The minimum absolute atomic E-state index is 0.0582. The number of hydrogen-bond acceptors (Lipinski definition) is 3. The van der Waals surface area contributed by atoms with Crippen LogP contribution in [0.2, 0.25) is 0 Å². The third-order valence-electron chi connectivity index (χ3n) is 2.82. The van der Waals surface area contributed by atoms with Gasteiger partial charge in [-0.25, -0.2) is 0 Å². The van der Waals surface area contributed by atoms with Crippen molar-refractivity contribution in [1.82, 2.24) is 5.32 Å². The van der Waals surface area contributed by atoms with Gasteiger partial charge in [0.2, 0.25) is 0 Å². The van der Waals surface area contributed by atoms with E-state index < -0.39 is 0 Å². The summed E-state index contributed by atoms with van der Waals surface area (Å²) in [5.41, 5.74) is 0.799. The second-order valence-corrected chi connectivity index (χ2v) is 5.01. The molecule has 1 saturated heterocycles. The highest BCUT2D eigenvalue weighted by atomic mass is 32.1. The van der Waals surface area contributed by atoms with Gasteiger partial charge in [0.25, 0.3) is 5.91 Å². The van der Waals surface area contributed by atoms with Gasteiger partial charge in [-0.3, -0.25) is 4.79 Å². The van der Waals surface area contributed by atoms with Gasteiger partial charge >= 0.3 is 0 Å². The number of aryl methyl sites for hydroxylation is 1. The number of nitrogens with one attached hydrogen (secondary N) is 1. The van der Waals surface area contributed by atoms with Crippen molar-refractivity contribution in [2.45, 2.75) is 32.2 Å². The van der Waals surface area contributed by atoms with Crippen LogP contribution in [0.25, 0.3) is 0 Å². The summed E-state index contributed by atoms with van der Waals surface area (Å²) in [6.07, 6.45) is 2.85. The zero-order valence-corrected chi connectivity index (χ0v) is 10.3. The maximum absolute atomic E-state index is 11.9. The first kappa shape index (κ1) is 11.6. The lowest BCUT2D eigenvalue weighted by molar-refractivity contribution is 0.0696. The average molecular weight is 239 g/mol. The van der Waals surface area contributed by atoms with E-state index in [0.717, 1.165) is 38.0 Å². The Hall–Kier alpha value is -0.870. The van der Waals surface area contributed by atoms with Gasteiger partial charge in [0.15, 0.2) is 0 Å². The number of rotatable bonds is 3. The van der Waals surface area contributed by atoms with Crippen molar-refractivity contribution in [2.75, 3.05) is 13.2 Å². The third-order valence-corrected chi connectivity index (χ3v) is 3.90. The molecule has 0 spiro atoms. The standard InChI is InChI=1S/C12H17NO2S/c1-2-11-7-9(8-16-11)12(14)13-10-3-5-15-6-4-10/h7-8,10H,2-6H2,1H3,(H,13,14). The molecule has 0 aliphatic carbocycles. The minimum atomic E-state index is 0.0582. The van der Waals surface area contributed by atoms with E-state index in [1.165, 1.54) is 4.88 Å². The SMILES string of the molecule is CCc1cc(C(=O)NC2CCOCC2)cs1. The molecule has 1 aliphatic heterocycles. The summed E-state index contributed by atoms with van der Waals surface area (Å²) in [4.78, 5) is 13.2. The van der Waals surface area contributed by atoms with Crippen molar-refractivity contribution >= 4 is 17.2 Å². The summed E-state index contributed by atoms with van der Waals surface area (Å²) in [5.74, 6) is 0.0582. The molecule has 16 heavy (non-hydrogen) atoms. The Bertz CT molecular complexity index is 356. The summed E-state index contributed by atoms with van der Waals surface area (Å²) in [5, 5.41) is 5.00. The molecule has 1 aromatic heterocycles. The number of carbonyl (C=O) groups excluding carboxylic acids is 1. The molecule has 0 aromatic carbocycles. The molecule has 2 heterocycles.